The van der Waals surface area contributed by atoms with Gasteiger partial charge in [0, 0.05) is 25.9 Å². The molecule has 3 nitrogen and oxygen atoms in total. The lowest BCUT2D eigenvalue weighted by Gasteiger charge is -2.29. The summed E-state index contributed by atoms with van der Waals surface area (Å²) in [6.07, 6.45) is -0.628. The van der Waals surface area contributed by atoms with Gasteiger partial charge in [-0.1, -0.05) is 63.7 Å². The molecule has 0 fully saturated rings. The zero-order chi connectivity index (χ0) is 16.2. The third-order valence-electron chi connectivity index (χ3n) is 2.81. The smallest absolute Gasteiger partial charge is 0.449 e. The number of benzene rings is 1. The molecule has 118 valence electrons. The van der Waals surface area contributed by atoms with Gasteiger partial charge in [-0.25, -0.2) is 4.79 Å². The second kappa shape index (κ2) is 9.01. The van der Waals surface area contributed by atoms with Crippen LogP contribution in [0.4, 0.5) is 4.79 Å². The Balaban J connectivity index is 3.33. The number of hydrogen-bond acceptors (Lipinski definition) is 2. The molecule has 0 saturated carbocycles. The van der Waals surface area contributed by atoms with Gasteiger partial charge in [0.15, 0.2) is 5.75 Å². The Morgan fingerprint density at radius 1 is 1.10 bits per heavy atom. The lowest BCUT2D eigenvalue weighted by atomic mass is 9.88. The third kappa shape index (κ3) is 5.17. The van der Waals surface area contributed by atoms with Crippen molar-refractivity contribution in [1.82, 2.24) is 0 Å². The van der Waals surface area contributed by atoms with E-state index in [1.165, 1.54) is 0 Å². The highest BCUT2D eigenvalue weighted by Crippen LogP contribution is 2.43. The maximum Gasteiger partial charge on any atom is 0.511 e. The summed E-state index contributed by atoms with van der Waals surface area (Å²) < 4.78 is 6.92. The van der Waals surface area contributed by atoms with Crippen LogP contribution in [0.2, 0.25) is 0 Å². The maximum atomic E-state index is 10.8. The van der Waals surface area contributed by atoms with E-state index in [4.69, 9.17) is 9.84 Å². The Labute approximate surface area is 173 Å². The van der Waals surface area contributed by atoms with Crippen molar-refractivity contribution in [3.63, 3.8) is 0 Å². The third-order valence-corrected chi connectivity index (χ3v) is 8.52. The quantitative estimate of drug-likeness (QED) is 0.206. The van der Waals surface area contributed by atoms with Gasteiger partial charge in [-0.3, -0.25) is 0 Å². The van der Waals surface area contributed by atoms with E-state index in [9.17, 15) is 4.79 Å². The molecule has 1 aromatic carbocycles. The van der Waals surface area contributed by atoms with E-state index >= 15 is 0 Å². The van der Waals surface area contributed by atoms with Gasteiger partial charge < -0.3 is 9.84 Å². The number of hydrogen-bond donors (Lipinski definition) is 1. The molecular weight excluding hydrogens is 672 g/mol. The summed E-state index contributed by atoms with van der Waals surface area (Å²) in [5.41, 5.74) is 0.909. The van der Waals surface area contributed by atoms with E-state index in [1.807, 2.05) is 0 Å². The van der Waals surface area contributed by atoms with E-state index < -0.39 is 6.16 Å². The van der Waals surface area contributed by atoms with Gasteiger partial charge >= 0.3 is 6.16 Å². The summed E-state index contributed by atoms with van der Waals surface area (Å²) >= 11 is 20.9. The van der Waals surface area contributed by atoms with E-state index in [1.54, 1.807) is 6.07 Å². The molecule has 9 heteroatoms. The summed E-state index contributed by atoms with van der Waals surface area (Å²) in [5.74, 6) is 0.258. The summed E-state index contributed by atoms with van der Waals surface area (Å²) in [5, 5.41) is 11.2. The van der Waals surface area contributed by atoms with Crippen LogP contribution in [0.3, 0.4) is 0 Å². The van der Waals surface area contributed by atoms with Crippen molar-refractivity contribution in [1.29, 1.82) is 0 Å². The van der Waals surface area contributed by atoms with Gasteiger partial charge in [-0.15, -0.1) is 0 Å². The van der Waals surface area contributed by atoms with Crippen LogP contribution < -0.4 is 4.74 Å². The van der Waals surface area contributed by atoms with Crippen LogP contribution >= 0.6 is 95.6 Å². The number of rotatable bonds is 6. The Morgan fingerprint density at radius 3 is 2.05 bits per heavy atom. The molecule has 0 aliphatic rings. The van der Waals surface area contributed by atoms with Crippen LogP contribution in [0.25, 0.3) is 0 Å². The maximum absolute atomic E-state index is 10.8. The molecule has 0 unspecified atom stereocenters. The first-order chi connectivity index (χ1) is 9.80. The van der Waals surface area contributed by atoms with Crippen molar-refractivity contribution < 1.29 is 14.6 Å². The first-order valence-corrected chi connectivity index (χ1v) is 11.3. The fourth-order valence-corrected chi connectivity index (χ4v) is 7.52. The standard InChI is InChI=1S/C12H10Br6O3/c13-3-12(4-14,5-15)2-6-7(16)1-8(17)10(9(6)18)21-11(19)20/h1H,2-5H2,(H,19,20). The summed E-state index contributed by atoms with van der Waals surface area (Å²) in [7, 11) is 0. The average Bonchev–Trinajstić information content (AvgIpc) is 2.44. The molecule has 0 atom stereocenters. The summed E-state index contributed by atoms with van der Waals surface area (Å²) in [4.78, 5) is 10.8. The Hall–Kier alpha value is 1.37. The van der Waals surface area contributed by atoms with Crippen molar-refractivity contribution in [3.05, 3.63) is 25.0 Å². The number of carboxylic acid groups (broad SMARTS) is 1. The highest BCUT2D eigenvalue weighted by Gasteiger charge is 2.30. The van der Waals surface area contributed by atoms with Crippen LogP contribution in [0.1, 0.15) is 5.56 Å². The van der Waals surface area contributed by atoms with Gasteiger partial charge in [0.1, 0.15) is 0 Å². The van der Waals surface area contributed by atoms with E-state index in [0.29, 0.717) is 8.95 Å². The normalized spacial score (nSPS) is 11.5. The zero-order valence-corrected chi connectivity index (χ0v) is 20.0. The largest absolute Gasteiger partial charge is 0.511 e. The minimum Gasteiger partial charge on any atom is -0.449 e. The second-order valence-electron chi connectivity index (χ2n) is 4.41. The van der Waals surface area contributed by atoms with E-state index in [-0.39, 0.29) is 11.2 Å². The molecule has 0 heterocycles. The SMILES string of the molecule is O=C(O)Oc1c(Br)cc(Br)c(CC(CBr)(CBr)CBr)c1Br. The Bertz CT molecular complexity index is 522. The van der Waals surface area contributed by atoms with Crippen molar-refractivity contribution >= 4 is 102 Å². The monoisotopic (exact) mass is 676 g/mol. The molecule has 0 bridgehead atoms. The summed E-state index contributed by atoms with van der Waals surface area (Å²) in [6, 6.07) is 1.79. The van der Waals surface area contributed by atoms with Gasteiger partial charge in [0.05, 0.1) is 8.95 Å². The van der Waals surface area contributed by atoms with Gasteiger partial charge in [-0.2, -0.15) is 0 Å². The highest BCUT2D eigenvalue weighted by atomic mass is 79.9. The topological polar surface area (TPSA) is 46.5 Å². The Kier molecular flexibility index (Phi) is 8.76. The lowest BCUT2D eigenvalue weighted by Crippen LogP contribution is -2.30. The molecule has 0 spiro atoms. The summed E-state index contributed by atoms with van der Waals surface area (Å²) in [6.45, 7) is 0. The molecular formula is C12H10Br6O3. The number of alkyl halides is 3. The number of halogens is 6. The number of carbonyl (C=O) groups is 1. The first kappa shape index (κ1) is 20.4. The highest BCUT2D eigenvalue weighted by molar-refractivity contribution is 9.12. The first-order valence-electron chi connectivity index (χ1n) is 5.55. The van der Waals surface area contributed by atoms with Crippen LogP contribution in [-0.2, 0) is 6.42 Å². The van der Waals surface area contributed by atoms with Crippen LogP contribution in [0, 0.1) is 5.41 Å². The molecule has 0 aliphatic carbocycles. The second-order valence-corrected chi connectivity index (χ2v) is 8.59. The van der Waals surface area contributed by atoms with Crippen molar-refractivity contribution in [3.8, 4) is 5.75 Å². The number of ether oxygens (including phenoxy) is 1. The fourth-order valence-electron chi connectivity index (χ4n) is 1.58. The zero-order valence-electron chi connectivity index (χ0n) is 10.4. The predicted octanol–water partition coefficient (Wildman–Crippen LogP) is 6.74. The van der Waals surface area contributed by atoms with Crippen LogP contribution in [0.5, 0.6) is 5.75 Å². The van der Waals surface area contributed by atoms with E-state index in [0.717, 1.165) is 32.4 Å². The lowest BCUT2D eigenvalue weighted by molar-refractivity contribution is 0.144. The molecule has 0 saturated heterocycles. The molecule has 0 aromatic heterocycles. The van der Waals surface area contributed by atoms with Crippen LogP contribution in [0.15, 0.2) is 19.5 Å². The molecule has 1 rings (SSSR count). The molecule has 0 aliphatic heterocycles. The van der Waals surface area contributed by atoms with Gasteiger partial charge in [0.2, 0.25) is 0 Å². The Morgan fingerprint density at radius 2 is 1.62 bits per heavy atom. The van der Waals surface area contributed by atoms with Gasteiger partial charge in [-0.05, 0) is 49.9 Å². The van der Waals surface area contributed by atoms with E-state index in [2.05, 4.69) is 95.6 Å². The minimum absolute atomic E-state index is 0.0423. The van der Waals surface area contributed by atoms with Gasteiger partial charge in [0.25, 0.3) is 0 Å². The predicted molar refractivity (Wildman–Crippen MR) is 106 cm³/mol. The molecule has 0 radical (unpaired) electrons. The minimum atomic E-state index is -1.35. The molecule has 1 aromatic rings. The van der Waals surface area contributed by atoms with Crippen LogP contribution in [-0.4, -0.2) is 27.3 Å². The molecule has 1 N–H and O–H groups in total. The van der Waals surface area contributed by atoms with Crippen molar-refractivity contribution in [2.24, 2.45) is 5.41 Å². The molecule has 0 amide bonds. The molecule has 21 heavy (non-hydrogen) atoms. The fraction of sp³-hybridized carbons (Fsp3) is 0.417. The average molecular weight is 682 g/mol. The van der Waals surface area contributed by atoms with Crippen molar-refractivity contribution in [2.45, 2.75) is 6.42 Å². The van der Waals surface area contributed by atoms with Crippen molar-refractivity contribution in [2.75, 3.05) is 16.0 Å².